The molecule has 0 radical (unpaired) electrons. The first-order valence-corrected chi connectivity index (χ1v) is 9.55. The van der Waals surface area contributed by atoms with Crippen LogP contribution < -0.4 is 0 Å². The van der Waals surface area contributed by atoms with E-state index in [4.69, 9.17) is 11.2 Å². The first-order valence-electron chi connectivity index (χ1n) is 9.55. The largest absolute Gasteiger partial charge is 0.444 e. The van der Waals surface area contributed by atoms with Gasteiger partial charge in [-0.2, -0.15) is 0 Å². The molecule has 2 heterocycles. The van der Waals surface area contributed by atoms with E-state index in [1.165, 1.54) is 0 Å². The molecule has 0 saturated carbocycles. The van der Waals surface area contributed by atoms with Crippen LogP contribution in [-0.2, 0) is 4.74 Å². The maximum absolute atomic E-state index is 12.8. The minimum atomic E-state index is -0.476. The quantitative estimate of drug-likeness (QED) is 0.713. The van der Waals surface area contributed by atoms with Crippen LogP contribution in [0, 0.1) is 17.8 Å². The van der Waals surface area contributed by atoms with Crippen LogP contribution in [-0.4, -0.2) is 53.6 Å². The van der Waals surface area contributed by atoms with E-state index in [1.807, 2.05) is 43.9 Å². The number of hydrogen-bond acceptors (Lipinski definition) is 3. The highest BCUT2D eigenvalue weighted by Crippen LogP contribution is 2.41. The van der Waals surface area contributed by atoms with Crippen LogP contribution in [0.5, 0.6) is 0 Å². The van der Waals surface area contributed by atoms with Gasteiger partial charge in [0.25, 0.3) is 5.91 Å². The highest BCUT2D eigenvalue weighted by molar-refractivity contribution is 5.94. The maximum atomic E-state index is 12.8. The van der Waals surface area contributed by atoms with Crippen molar-refractivity contribution >= 4 is 12.0 Å². The molecule has 5 nitrogen and oxygen atoms in total. The molecule has 0 atom stereocenters. The zero-order valence-corrected chi connectivity index (χ0v) is 16.5. The summed E-state index contributed by atoms with van der Waals surface area (Å²) in [6, 6.07) is 7.25. The van der Waals surface area contributed by atoms with Crippen molar-refractivity contribution in [1.82, 2.24) is 9.80 Å². The normalized spacial score (nSPS) is 19.0. The van der Waals surface area contributed by atoms with Gasteiger partial charge in [-0.05, 0) is 63.6 Å². The van der Waals surface area contributed by atoms with Crippen molar-refractivity contribution in [2.24, 2.45) is 5.41 Å². The van der Waals surface area contributed by atoms with E-state index < -0.39 is 5.60 Å². The smallest absolute Gasteiger partial charge is 0.410 e. The predicted octanol–water partition coefficient (Wildman–Crippen LogP) is 3.53. The molecule has 0 aromatic heterocycles. The van der Waals surface area contributed by atoms with Crippen LogP contribution in [0.2, 0.25) is 0 Å². The molecule has 2 fully saturated rings. The van der Waals surface area contributed by atoms with Gasteiger partial charge in [-0.3, -0.25) is 4.79 Å². The van der Waals surface area contributed by atoms with Crippen LogP contribution >= 0.6 is 0 Å². The Morgan fingerprint density at radius 1 is 1.11 bits per heavy atom. The highest BCUT2D eigenvalue weighted by atomic mass is 16.6. The Hall–Kier alpha value is -2.48. The molecule has 27 heavy (non-hydrogen) atoms. The van der Waals surface area contributed by atoms with Gasteiger partial charge in [-0.25, -0.2) is 4.79 Å². The van der Waals surface area contributed by atoms with Crippen molar-refractivity contribution in [2.75, 3.05) is 26.2 Å². The fourth-order valence-electron chi connectivity index (χ4n) is 3.93. The molecule has 2 amide bonds. The van der Waals surface area contributed by atoms with Crippen LogP contribution in [0.4, 0.5) is 4.79 Å². The Morgan fingerprint density at radius 3 is 2.33 bits per heavy atom. The zero-order chi connectivity index (χ0) is 19.7. The van der Waals surface area contributed by atoms with Gasteiger partial charge >= 0.3 is 6.09 Å². The monoisotopic (exact) mass is 368 g/mol. The van der Waals surface area contributed by atoms with E-state index in [1.54, 1.807) is 11.0 Å². The Kier molecular flexibility index (Phi) is 5.19. The summed E-state index contributed by atoms with van der Waals surface area (Å²) in [5.74, 6) is 2.62. The van der Waals surface area contributed by atoms with E-state index >= 15 is 0 Å². The molecule has 0 unspecified atom stereocenters. The fraction of sp³-hybridized carbons (Fsp3) is 0.545. The lowest BCUT2D eigenvalue weighted by Crippen LogP contribution is -2.46. The lowest BCUT2D eigenvalue weighted by molar-refractivity contribution is 0.0108. The van der Waals surface area contributed by atoms with Gasteiger partial charge in [0.15, 0.2) is 0 Å². The number of amides is 2. The number of carbonyl (C=O) groups is 2. The number of rotatable bonds is 1. The molecule has 1 spiro atoms. The van der Waals surface area contributed by atoms with Crippen molar-refractivity contribution in [2.45, 2.75) is 45.6 Å². The molecule has 0 aliphatic carbocycles. The standard InChI is InChI=1S/C22H28N2O3/c1-5-17-7-6-8-18(15-17)19(25)24-14-11-22(16-24)9-12-23(13-10-22)20(26)27-21(2,3)4/h1,6-8,15H,9-14,16H2,2-4H3. The first kappa shape index (κ1) is 19.3. The number of carbonyl (C=O) groups excluding carboxylic acids is 2. The Bertz CT molecular complexity index is 764. The highest BCUT2D eigenvalue weighted by Gasteiger charge is 2.43. The SMILES string of the molecule is C#Cc1cccc(C(=O)N2CCC3(CCN(C(=O)OC(C)(C)C)CC3)C2)c1. The molecule has 144 valence electrons. The third-order valence-electron chi connectivity index (χ3n) is 5.48. The second kappa shape index (κ2) is 7.26. The number of ether oxygens (including phenoxy) is 1. The third-order valence-corrected chi connectivity index (χ3v) is 5.48. The van der Waals surface area contributed by atoms with Gasteiger partial charge in [0.1, 0.15) is 5.60 Å². The summed E-state index contributed by atoms with van der Waals surface area (Å²) in [5, 5.41) is 0. The average Bonchev–Trinajstić information content (AvgIpc) is 3.04. The van der Waals surface area contributed by atoms with Gasteiger partial charge in [-0.15, -0.1) is 6.42 Å². The van der Waals surface area contributed by atoms with Gasteiger partial charge in [0, 0.05) is 37.3 Å². The molecule has 3 rings (SSSR count). The topological polar surface area (TPSA) is 49.9 Å². The van der Waals surface area contributed by atoms with Crippen LogP contribution in [0.1, 0.15) is 56.0 Å². The minimum Gasteiger partial charge on any atom is -0.444 e. The zero-order valence-electron chi connectivity index (χ0n) is 16.5. The number of likely N-dealkylation sites (tertiary alicyclic amines) is 2. The number of benzene rings is 1. The van der Waals surface area contributed by atoms with Gasteiger partial charge < -0.3 is 14.5 Å². The molecule has 1 aromatic rings. The van der Waals surface area contributed by atoms with Crippen molar-refractivity contribution in [1.29, 1.82) is 0 Å². The Balaban J connectivity index is 1.59. The molecule has 5 heteroatoms. The number of hydrogen-bond donors (Lipinski definition) is 0. The van der Waals surface area contributed by atoms with E-state index in [0.29, 0.717) is 18.7 Å². The van der Waals surface area contributed by atoms with E-state index in [9.17, 15) is 9.59 Å². The molecule has 2 saturated heterocycles. The summed E-state index contributed by atoms with van der Waals surface area (Å²) in [4.78, 5) is 28.8. The minimum absolute atomic E-state index is 0.0403. The van der Waals surface area contributed by atoms with Gasteiger partial charge in [-0.1, -0.05) is 12.0 Å². The number of piperidine rings is 1. The Labute approximate surface area is 161 Å². The van der Waals surface area contributed by atoms with Gasteiger partial charge in [0.2, 0.25) is 0 Å². The molecule has 2 aliphatic heterocycles. The lowest BCUT2D eigenvalue weighted by Gasteiger charge is -2.39. The van der Waals surface area contributed by atoms with E-state index in [0.717, 1.165) is 37.9 Å². The third kappa shape index (κ3) is 4.44. The average molecular weight is 368 g/mol. The summed E-state index contributed by atoms with van der Waals surface area (Å²) in [5.41, 5.74) is 1.00. The summed E-state index contributed by atoms with van der Waals surface area (Å²) in [7, 11) is 0. The van der Waals surface area contributed by atoms with Crippen molar-refractivity contribution in [3.05, 3.63) is 35.4 Å². The molecule has 1 aromatic carbocycles. The van der Waals surface area contributed by atoms with Gasteiger partial charge in [0.05, 0.1) is 0 Å². The first-order chi connectivity index (χ1) is 12.7. The molecule has 0 N–H and O–H groups in total. The summed E-state index contributed by atoms with van der Waals surface area (Å²) < 4.78 is 5.47. The van der Waals surface area contributed by atoms with Crippen molar-refractivity contribution in [3.63, 3.8) is 0 Å². The Morgan fingerprint density at radius 2 is 1.74 bits per heavy atom. The van der Waals surface area contributed by atoms with Crippen LogP contribution in [0.3, 0.4) is 0 Å². The summed E-state index contributed by atoms with van der Waals surface area (Å²) >= 11 is 0. The molecular formula is C22H28N2O3. The summed E-state index contributed by atoms with van der Waals surface area (Å²) in [6.45, 7) is 8.51. The molecular weight excluding hydrogens is 340 g/mol. The second-order valence-corrected chi connectivity index (χ2v) is 8.67. The predicted molar refractivity (Wildman–Crippen MR) is 104 cm³/mol. The number of nitrogens with zero attached hydrogens (tertiary/aromatic N) is 2. The molecule has 2 aliphatic rings. The van der Waals surface area contributed by atoms with Crippen molar-refractivity contribution in [3.8, 4) is 12.3 Å². The van der Waals surface area contributed by atoms with E-state index in [-0.39, 0.29) is 17.4 Å². The van der Waals surface area contributed by atoms with E-state index in [2.05, 4.69) is 5.92 Å². The van der Waals surface area contributed by atoms with Crippen molar-refractivity contribution < 1.29 is 14.3 Å². The maximum Gasteiger partial charge on any atom is 0.410 e. The lowest BCUT2D eigenvalue weighted by atomic mass is 9.78. The molecule has 0 bridgehead atoms. The fourth-order valence-corrected chi connectivity index (χ4v) is 3.93. The van der Waals surface area contributed by atoms with Crippen LogP contribution in [0.25, 0.3) is 0 Å². The number of terminal acetylenes is 1. The van der Waals surface area contributed by atoms with Crippen LogP contribution in [0.15, 0.2) is 24.3 Å². The second-order valence-electron chi connectivity index (χ2n) is 8.67. The summed E-state index contributed by atoms with van der Waals surface area (Å²) in [6.07, 6.45) is 7.99.